The van der Waals surface area contributed by atoms with Crippen LogP contribution in [-0.2, 0) is 4.79 Å². The second kappa shape index (κ2) is 10.5. The molecule has 1 amide bonds. The molecule has 0 saturated carbocycles. The Bertz CT molecular complexity index is 1420. The van der Waals surface area contributed by atoms with Crippen molar-refractivity contribution in [3.63, 3.8) is 0 Å². The van der Waals surface area contributed by atoms with Gasteiger partial charge < -0.3 is 19.5 Å². The van der Waals surface area contributed by atoms with Gasteiger partial charge in [-0.3, -0.25) is 18.6 Å². The molecule has 1 N–H and O–H groups in total. The molecule has 0 aliphatic rings. The van der Waals surface area contributed by atoms with Gasteiger partial charge in [0, 0.05) is 18.5 Å². The number of thioether (sulfide) groups is 1. The predicted molar refractivity (Wildman–Crippen MR) is 133 cm³/mol. The number of benzene rings is 2. The van der Waals surface area contributed by atoms with Crippen LogP contribution in [0.25, 0.3) is 11.3 Å². The number of carbonyl (C=O) groups is 1. The molecule has 2 heterocycles. The van der Waals surface area contributed by atoms with Crippen molar-refractivity contribution in [1.82, 2.24) is 19.2 Å². The fraction of sp³-hybridized carbons (Fsp3) is 0.250. The summed E-state index contributed by atoms with van der Waals surface area (Å²) in [5.74, 6) is 1.45. The van der Waals surface area contributed by atoms with Crippen LogP contribution in [0.5, 0.6) is 17.2 Å². The Morgan fingerprint density at radius 1 is 1.03 bits per heavy atom. The van der Waals surface area contributed by atoms with Crippen LogP contribution in [0.2, 0.25) is 0 Å². The number of ether oxygens (including phenoxy) is 3. The lowest BCUT2D eigenvalue weighted by atomic mass is 10.2. The van der Waals surface area contributed by atoms with Crippen LogP contribution < -0.4 is 25.1 Å². The van der Waals surface area contributed by atoms with Gasteiger partial charge in [0.1, 0.15) is 17.2 Å². The molecule has 0 unspecified atom stereocenters. The van der Waals surface area contributed by atoms with Crippen LogP contribution in [0.4, 0.5) is 5.69 Å². The highest BCUT2D eigenvalue weighted by Crippen LogP contribution is 2.31. The van der Waals surface area contributed by atoms with E-state index in [0.717, 1.165) is 0 Å². The van der Waals surface area contributed by atoms with Crippen molar-refractivity contribution in [3.8, 4) is 22.9 Å². The van der Waals surface area contributed by atoms with Crippen LogP contribution in [0.3, 0.4) is 0 Å². The summed E-state index contributed by atoms with van der Waals surface area (Å²) in [6, 6.07) is 12.4. The molecular formula is C24H25N5O5S. The monoisotopic (exact) mass is 495 g/mol. The maximum absolute atomic E-state index is 13.1. The molecule has 0 saturated heterocycles. The predicted octanol–water partition coefficient (Wildman–Crippen LogP) is 3.42. The summed E-state index contributed by atoms with van der Waals surface area (Å²) in [5.41, 5.74) is 0.923. The van der Waals surface area contributed by atoms with Gasteiger partial charge in [-0.05, 0) is 30.7 Å². The molecule has 0 aliphatic carbocycles. The number of carbonyl (C=O) groups excluding carboxylic acids is 1. The van der Waals surface area contributed by atoms with E-state index in [2.05, 4.69) is 15.5 Å². The zero-order valence-electron chi connectivity index (χ0n) is 19.7. The number of rotatable bonds is 9. The molecule has 1 atom stereocenters. The van der Waals surface area contributed by atoms with Gasteiger partial charge in [-0.25, -0.2) is 0 Å². The maximum Gasteiger partial charge on any atom is 0.300 e. The van der Waals surface area contributed by atoms with E-state index in [1.807, 2.05) is 19.1 Å². The van der Waals surface area contributed by atoms with Crippen molar-refractivity contribution >= 4 is 29.0 Å². The first-order valence-corrected chi connectivity index (χ1v) is 11.7. The Morgan fingerprint density at radius 2 is 1.80 bits per heavy atom. The minimum absolute atomic E-state index is 0.146. The molecule has 4 aromatic rings. The summed E-state index contributed by atoms with van der Waals surface area (Å²) in [5, 5.41) is 11.1. The van der Waals surface area contributed by atoms with Gasteiger partial charge in [0.25, 0.3) is 0 Å². The van der Waals surface area contributed by atoms with Crippen molar-refractivity contribution in [2.75, 3.05) is 26.6 Å². The van der Waals surface area contributed by atoms with Crippen molar-refractivity contribution in [2.24, 2.45) is 0 Å². The summed E-state index contributed by atoms with van der Waals surface area (Å²) in [4.78, 5) is 26.2. The van der Waals surface area contributed by atoms with E-state index in [-0.39, 0.29) is 17.1 Å². The number of hydrogen-bond acceptors (Lipinski definition) is 8. The lowest BCUT2D eigenvalue weighted by molar-refractivity contribution is -0.115. The molecule has 0 bridgehead atoms. The molecule has 0 fully saturated rings. The summed E-state index contributed by atoms with van der Waals surface area (Å²) in [6.45, 7) is 1.90. The highest BCUT2D eigenvalue weighted by molar-refractivity contribution is 8.00. The van der Waals surface area contributed by atoms with Gasteiger partial charge in [0.05, 0.1) is 38.0 Å². The molecule has 2 aromatic carbocycles. The van der Waals surface area contributed by atoms with Crippen LogP contribution in [0.15, 0.2) is 64.8 Å². The molecule has 2 aromatic heterocycles. The van der Waals surface area contributed by atoms with Crippen LogP contribution in [0, 0.1) is 0 Å². The average molecular weight is 496 g/mol. The third-order valence-corrected chi connectivity index (χ3v) is 6.68. The maximum atomic E-state index is 13.1. The van der Waals surface area contributed by atoms with Crippen molar-refractivity contribution in [3.05, 3.63) is 65.2 Å². The average Bonchev–Trinajstić information content (AvgIpc) is 3.31. The van der Waals surface area contributed by atoms with Gasteiger partial charge in [0.15, 0.2) is 5.16 Å². The summed E-state index contributed by atoms with van der Waals surface area (Å²) in [7, 11) is 4.63. The first kappa shape index (κ1) is 24.1. The highest BCUT2D eigenvalue weighted by atomic mass is 32.2. The molecule has 4 rings (SSSR count). The smallest absolute Gasteiger partial charge is 0.300 e. The molecule has 11 heteroatoms. The van der Waals surface area contributed by atoms with E-state index in [4.69, 9.17) is 14.2 Å². The lowest BCUT2D eigenvalue weighted by Crippen LogP contribution is -2.25. The zero-order chi connectivity index (χ0) is 24.9. The number of anilines is 1. The summed E-state index contributed by atoms with van der Waals surface area (Å²) >= 11 is 1.23. The normalized spacial score (nSPS) is 11.8. The molecule has 35 heavy (non-hydrogen) atoms. The first-order chi connectivity index (χ1) is 17.0. The number of methoxy groups -OCH3 is 3. The fourth-order valence-corrected chi connectivity index (χ4v) is 4.47. The Hall–Kier alpha value is -3.99. The number of hydrogen-bond donors (Lipinski definition) is 1. The van der Waals surface area contributed by atoms with E-state index in [9.17, 15) is 9.59 Å². The van der Waals surface area contributed by atoms with Crippen molar-refractivity contribution < 1.29 is 19.0 Å². The third-order valence-electron chi connectivity index (χ3n) is 5.36. The molecule has 0 aliphatic heterocycles. The second-order valence-electron chi connectivity index (χ2n) is 7.39. The Balaban J connectivity index is 1.59. The number of nitrogens with one attached hydrogen (secondary N) is 1. The SMILES string of the molecule is CC[C@@H](Sc1nnc2c(=O)n(-c3ccccc3OC)ccn12)C(=O)Nc1ccc(OC)cc1OC. The van der Waals surface area contributed by atoms with Crippen molar-refractivity contribution in [1.29, 1.82) is 0 Å². The van der Waals surface area contributed by atoms with E-state index in [0.29, 0.717) is 40.2 Å². The second-order valence-corrected chi connectivity index (χ2v) is 8.56. The van der Waals surface area contributed by atoms with Crippen molar-refractivity contribution in [2.45, 2.75) is 23.8 Å². The summed E-state index contributed by atoms with van der Waals surface area (Å²) in [6.07, 6.45) is 3.86. The molecule has 10 nitrogen and oxygen atoms in total. The van der Waals surface area contributed by atoms with Gasteiger partial charge in [0.2, 0.25) is 11.6 Å². The topological polar surface area (TPSA) is 109 Å². The minimum atomic E-state index is -0.481. The third kappa shape index (κ3) is 4.80. The molecule has 0 spiro atoms. The molecule has 182 valence electrons. The Morgan fingerprint density at radius 3 is 2.51 bits per heavy atom. The van der Waals surface area contributed by atoms with Crippen LogP contribution in [0.1, 0.15) is 13.3 Å². The van der Waals surface area contributed by atoms with Crippen LogP contribution >= 0.6 is 11.8 Å². The van der Waals surface area contributed by atoms with Gasteiger partial charge >= 0.3 is 5.56 Å². The molecule has 0 radical (unpaired) electrons. The van der Waals surface area contributed by atoms with E-state index >= 15 is 0 Å². The standard InChI is InChI=1S/C24H25N5O5S/c1-5-20(22(30)25-16-11-10-15(32-2)14-19(16)34-4)35-24-27-26-21-23(31)28(12-13-29(21)24)17-8-6-7-9-18(17)33-3/h6-14,20H,5H2,1-4H3,(H,25,30)/t20-/m1/s1. The highest BCUT2D eigenvalue weighted by Gasteiger charge is 2.23. The van der Waals surface area contributed by atoms with Gasteiger partial charge in [-0.2, -0.15) is 0 Å². The quantitative estimate of drug-likeness (QED) is 0.352. The van der Waals surface area contributed by atoms with Gasteiger partial charge in [-0.1, -0.05) is 30.8 Å². The number of para-hydroxylation sites is 2. The lowest BCUT2D eigenvalue weighted by Gasteiger charge is -2.16. The van der Waals surface area contributed by atoms with E-state index in [1.54, 1.807) is 61.3 Å². The first-order valence-electron chi connectivity index (χ1n) is 10.8. The number of amides is 1. The molecular weight excluding hydrogens is 470 g/mol. The number of aromatic nitrogens is 4. The zero-order valence-corrected chi connectivity index (χ0v) is 20.5. The van der Waals surface area contributed by atoms with E-state index < -0.39 is 5.25 Å². The Kier molecular flexibility index (Phi) is 7.25. The van der Waals surface area contributed by atoms with Gasteiger partial charge in [-0.15, -0.1) is 10.2 Å². The number of nitrogens with zero attached hydrogens (tertiary/aromatic N) is 4. The fourth-order valence-electron chi connectivity index (χ4n) is 3.53. The van der Waals surface area contributed by atoms with E-state index in [1.165, 1.54) is 23.4 Å². The summed E-state index contributed by atoms with van der Waals surface area (Å²) < 4.78 is 19.0. The largest absolute Gasteiger partial charge is 0.497 e. The minimum Gasteiger partial charge on any atom is -0.497 e. The number of fused-ring (bicyclic) bond motifs is 1. The van der Waals surface area contributed by atoms with Crippen LogP contribution in [-0.4, -0.2) is 51.7 Å². The Labute approximate surface area is 205 Å².